The third kappa shape index (κ3) is 2.48. The Morgan fingerprint density at radius 2 is 1.95 bits per heavy atom. The first-order valence-electron chi connectivity index (χ1n) is 7.66. The molecular formula is C15H18N6O. The number of amides is 1. The average molecular weight is 298 g/mol. The number of aromatic nitrogens is 4. The Labute approximate surface area is 128 Å². The number of benzene rings is 1. The summed E-state index contributed by atoms with van der Waals surface area (Å²) in [5.41, 5.74) is 1.51. The van der Waals surface area contributed by atoms with Crippen LogP contribution in [0.15, 0.2) is 30.6 Å². The van der Waals surface area contributed by atoms with Crippen LogP contribution in [0.5, 0.6) is 0 Å². The number of rotatable bonds is 3. The van der Waals surface area contributed by atoms with Crippen LogP contribution >= 0.6 is 0 Å². The zero-order valence-electron chi connectivity index (χ0n) is 12.2. The number of fused-ring (bicyclic) bond motifs is 3. The second kappa shape index (κ2) is 5.49. The lowest BCUT2D eigenvalue weighted by atomic mass is 9.84. The number of tetrazole rings is 1. The summed E-state index contributed by atoms with van der Waals surface area (Å²) in [6, 6.07) is 7.61. The minimum Gasteiger partial charge on any atom is -0.348 e. The molecule has 0 aliphatic carbocycles. The lowest BCUT2D eigenvalue weighted by molar-refractivity contribution is 0.0620. The van der Waals surface area contributed by atoms with Crippen molar-refractivity contribution in [2.45, 2.75) is 18.9 Å². The molecule has 1 unspecified atom stereocenters. The molecule has 1 aromatic carbocycles. The maximum Gasteiger partial charge on any atom is 0.251 e. The zero-order valence-corrected chi connectivity index (χ0v) is 12.2. The first-order valence-corrected chi connectivity index (χ1v) is 7.66. The van der Waals surface area contributed by atoms with E-state index >= 15 is 0 Å². The van der Waals surface area contributed by atoms with E-state index in [-0.39, 0.29) is 11.9 Å². The van der Waals surface area contributed by atoms with Gasteiger partial charge in [-0.05, 0) is 66.5 Å². The van der Waals surface area contributed by atoms with Crippen molar-refractivity contribution in [1.29, 1.82) is 0 Å². The van der Waals surface area contributed by atoms with Gasteiger partial charge in [-0.3, -0.25) is 4.79 Å². The van der Waals surface area contributed by atoms with Gasteiger partial charge in [0.1, 0.15) is 6.33 Å². The normalized spacial score (nSPS) is 26.8. The molecule has 0 radical (unpaired) electrons. The highest BCUT2D eigenvalue weighted by Crippen LogP contribution is 2.27. The van der Waals surface area contributed by atoms with E-state index in [0.717, 1.165) is 12.2 Å². The number of carbonyl (C=O) groups excluding carboxylic acids is 1. The average Bonchev–Trinajstić information content (AvgIpc) is 3.10. The highest BCUT2D eigenvalue weighted by atomic mass is 16.1. The summed E-state index contributed by atoms with van der Waals surface area (Å²) in [5.74, 6) is 0.636. The lowest BCUT2D eigenvalue weighted by Crippen LogP contribution is -2.57. The van der Waals surface area contributed by atoms with Gasteiger partial charge in [0.15, 0.2) is 0 Å². The largest absolute Gasteiger partial charge is 0.348 e. The number of hydrogen-bond acceptors (Lipinski definition) is 5. The minimum atomic E-state index is 0.00187. The summed E-state index contributed by atoms with van der Waals surface area (Å²) in [7, 11) is 0. The molecule has 2 aromatic rings. The number of nitrogens with one attached hydrogen (secondary N) is 1. The summed E-state index contributed by atoms with van der Waals surface area (Å²) in [4.78, 5) is 14.8. The smallest absolute Gasteiger partial charge is 0.251 e. The molecule has 22 heavy (non-hydrogen) atoms. The maximum absolute atomic E-state index is 12.4. The molecule has 1 amide bonds. The molecule has 1 aromatic heterocycles. The van der Waals surface area contributed by atoms with Gasteiger partial charge in [-0.15, -0.1) is 5.10 Å². The monoisotopic (exact) mass is 298 g/mol. The number of hydrogen-bond donors (Lipinski definition) is 1. The van der Waals surface area contributed by atoms with Crippen LogP contribution in [0.3, 0.4) is 0 Å². The van der Waals surface area contributed by atoms with Crippen molar-refractivity contribution in [3.8, 4) is 5.69 Å². The van der Waals surface area contributed by atoms with Gasteiger partial charge in [0, 0.05) is 18.2 Å². The van der Waals surface area contributed by atoms with E-state index in [1.807, 2.05) is 24.3 Å². The van der Waals surface area contributed by atoms with Crippen molar-refractivity contribution in [3.63, 3.8) is 0 Å². The third-order valence-electron chi connectivity index (χ3n) is 4.72. The Morgan fingerprint density at radius 1 is 1.18 bits per heavy atom. The van der Waals surface area contributed by atoms with E-state index in [9.17, 15) is 4.79 Å². The molecule has 0 saturated carbocycles. The predicted molar refractivity (Wildman–Crippen MR) is 79.6 cm³/mol. The fraction of sp³-hybridized carbons (Fsp3) is 0.467. The van der Waals surface area contributed by atoms with Gasteiger partial charge >= 0.3 is 0 Å². The van der Waals surface area contributed by atoms with Crippen LogP contribution in [0.25, 0.3) is 5.69 Å². The van der Waals surface area contributed by atoms with Crippen molar-refractivity contribution in [2.75, 3.05) is 19.6 Å². The molecule has 3 aliphatic heterocycles. The molecule has 1 N–H and O–H groups in total. The van der Waals surface area contributed by atoms with Crippen LogP contribution < -0.4 is 5.32 Å². The molecule has 7 heteroatoms. The van der Waals surface area contributed by atoms with E-state index in [1.165, 1.54) is 32.3 Å². The van der Waals surface area contributed by atoms with Crippen molar-refractivity contribution < 1.29 is 4.79 Å². The minimum absolute atomic E-state index is 0.00187. The lowest BCUT2D eigenvalue weighted by Gasteiger charge is -2.44. The Morgan fingerprint density at radius 3 is 2.55 bits per heavy atom. The molecule has 7 nitrogen and oxygen atoms in total. The Balaban J connectivity index is 1.44. The summed E-state index contributed by atoms with van der Waals surface area (Å²) < 4.78 is 1.56. The van der Waals surface area contributed by atoms with E-state index < -0.39 is 0 Å². The molecule has 1 atom stereocenters. The van der Waals surface area contributed by atoms with Gasteiger partial charge in [0.25, 0.3) is 5.91 Å². The van der Waals surface area contributed by atoms with E-state index in [2.05, 4.69) is 25.7 Å². The van der Waals surface area contributed by atoms with Crippen LogP contribution in [-0.4, -0.2) is 56.7 Å². The van der Waals surface area contributed by atoms with Gasteiger partial charge in [0.05, 0.1) is 5.69 Å². The molecule has 3 fully saturated rings. The van der Waals surface area contributed by atoms with Gasteiger partial charge in [-0.2, -0.15) is 0 Å². The van der Waals surface area contributed by atoms with E-state index in [4.69, 9.17) is 0 Å². The van der Waals surface area contributed by atoms with Crippen molar-refractivity contribution in [1.82, 2.24) is 30.4 Å². The second-order valence-electron chi connectivity index (χ2n) is 6.02. The predicted octanol–water partition coefficient (Wildman–Crippen LogP) is 0.486. The highest BCUT2D eigenvalue weighted by Gasteiger charge is 2.34. The Bertz CT molecular complexity index is 645. The molecule has 2 bridgehead atoms. The molecule has 114 valence electrons. The van der Waals surface area contributed by atoms with Gasteiger partial charge in [-0.1, -0.05) is 0 Å². The van der Waals surface area contributed by atoms with E-state index in [1.54, 1.807) is 4.68 Å². The standard InChI is InChI=1S/C15H18N6O/c22-15(17-14-9-20-7-5-11(14)6-8-20)12-1-3-13(4-2-12)21-10-16-18-19-21/h1-4,10-11,14H,5-9H2,(H,17,22). The van der Waals surface area contributed by atoms with Crippen molar-refractivity contribution in [3.05, 3.63) is 36.2 Å². The van der Waals surface area contributed by atoms with Crippen molar-refractivity contribution in [2.24, 2.45) is 5.92 Å². The first-order chi connectivity index (χ1) is 10.8. The quantitative estimate of drug-likeness (QED) is 0.892. The van der Waals surface area contributed by atoms with Crippen LogP contribution in [0.4, 0.5) is 0 Å². The zero-order chi connectivity index (χ0) is 14.9. The fourth-order valence-electron chi connectivity index (χ4n) is 3.43. The molecular weight excluding hydrogens is 280 g/mol. The maximum atomic E-state index is 12.4. The summed E-state index contributed by atoms with van der Waals surface area (Å²) >= 11 is 0. The van der Waals surface area contributed by atoms with Crippen LogP contribution in [-0.2, 0) is 0 Å². The Hall–Kier alpha value is -2.28. The second-order valence-corrected chi connectivity index (χ2v) is 6.02. The number of nitrogens with zero attached hydrogens (tertiary/aromatic N) is 5. The van der Waals surface area contributed by atoms with Gasteiger partial charge in [0.2, 0.25) is 0 Å². The Kier molecular flexibility index (Phi) is 3.34. The van der Waals surface area contributed by atoms with Crippen LogP contribution in [0, 0.1) is 5.92 Å². The summed E-state index contributed by atoms with van der Waals surface area (Å²) in [5, 5.41) is 14.2. The SMILES string of the molecule is O=C(NC1CN2CCC1CC2)c1ccc(-n2cnnn2)cc1. The molecule has 5 rings (SSSR count). The van der Waals surface area contributed by atoms with Gasteiger partial charge < -0.3 is 10.2 Å². The number of piperidine rings is 3. The van der Waals surface area contributed by atoms with Crippen LogP contribution in [0.1, 0.15) is 23.2 Å². The van der Waals surface area contributed by atoms with Crippen LogP contribution in [0.2, 0.25) is 0 Å². The third-order valence-corrected chi connectivity index (χ3v) is 4.72. The van der Waals surface area contributed by atoms with Crippen molar-refractivity contribution >= 4 is 5.91 Å². The highest BCUT2D eigenvalue weighted by molar-refractivity contribution is 5.94. The first kappa shape index (κ1) is 13.4. The molecule has 4 heterocycles. The fourth-order valence-corrected chi connectivity index (χ4v) is 3.43. The van der Waals surface area contributed by atoms with E-state index in [0.29, 0.717) is 11.5 Å². The topological polar surface area (TPSA) is 75.9 Å². The number of carbonyl (C=O) groups is 1. The summed E-state index contributed by atoms with van der Waals surface area (Å²) in [6.45, 7) is 3.34. The molecule has 3 saturated heterocycles. The molecule has 3 aliphatic rings. The summed E-state index contributed by atoms with van der Waals surface area (Å²) in [6.07, 6.45) is 3.93. The van der Waals surface area contributed by atoms with Gasteiger partial charge in [-0.25, -0.2) is 4.68 Å². The molecule has 0 spiro atoms.